The van der Waals surface area contributed by atoms with Crippen LogP contribution in [0.5, 0.6) is 0 Å². The number of carbonyl (C=O) groups excluding carboxylic acids is 2. The van der Waals surface area contributed by atoms with Gasteiger partial charge >= 0.3 is 0 Å². The van der Waals surface area contributed by atoms with Crippen molar-refractivity contribution in [3.8, 4) is 0 Å². The number of hydrogen-bond donors (Lipinski definition) is 0. The van der Waals surface area contributed by atoms with E-state index in [1.165, 1.54) is 0 Å². The molecule has 0 bridgehead atoms. The first kappa shape index (κ1) is 19.4. The summed E-state index contributed by atoms with van der Waals surface area (Å²) in [5.74, 6) is 0.0578. The van der Waals surface area contributed by atoms with E-state index in [1.807, 2.05) is 53.4 Å². The fourth-order valence-corrected chi connectivity index (χ4v) is 3.27. The predicted molar refractivity (Wildman–Crippen MR) is 106 cm³/mol. The molecule has 0 atom stereocenters. The Morgan fingerprint density at radius 3 is 2.30 bits per heavy atom. The normalized spacial score (nSPS) is 14.3. The van der Waals surface area contributed by atoms with Crippen LogP contribution in [0, 0.1) is 0 Å². The number of carbonyl (C=O) groups is 2. The van der Waals surface area contributed by atoms with Gasteiger partial charge in [0.15, 0.2) is 5.78 Å². The highest BCUT2D eigenvalue weighted by molar-refractivity contribution is 6.31. The van der Waals surface area contributed by atoms with Gasteiger partial charge in [-0.15, -0.1) is 0 Å². The van der Waals surface area contributed by atoms with Gasteiger partial charge in [-0.25, -0.2) is 0 Å². The van der Waals surface area contributed by atoms with E-state index in [1.54, 1.807) is 6.92 Å². The zero-order valence-corrected chi connectivity index (χ0v) is 16.1. The number of anilines is 1. The molecule has 0 N–H and O–H groups in total. The Bertz CT molecular complexity index is 799. The van der Waals surface area contributed by atoms with Crippen LogP contribution >= 0.6 is 11.6 Å². The lowest BCUT2D eigenvalue weighted by molar-refractivity contribution is -0.136. The molecule has 0 radical (unpaired) electrons. The number of rotatable bonds is 6. The number of ketones is 1. The minimum Gasteiger partial charge on any atom is -0.368 e. The maximum atomic E-state index is 12.3. The van der Waals surface area contributed by atoms with Gasteiger partial charge in [0.2, 0.25) is 5.91 Å². The number of benzene rings is 2. The molecule has 0 saturated carbocycles. The quantitative estimate of drug-likeness (QED) is 0.714. The monoisotopic (exact) mass is 386 g/mol. The van der Waals surface area contributed by atoms with Crippen LogP contribution < -0.4 is 4.90 Å². The van der Waals surface area contributed by atoms with Gasteiger partial charge in [-0.05, 0) is 42.8 Å². The third kappa shape index (κ3) is 5.08. The summed E-state index contributed by atoms with van der Waals surface area (Å²) in [6, 6.07) is 15.1. The molecular formula is C21H23ClN2O3. The number of piperazine rings is 1. The van der Waals surface area contributed by atoms with Gasteiger partial charge < -0.3 is 14.5 Å². The molecule has 2 aromatic carbocycles. The van der Waals surface area contributed by atoms with Crippen LogP contribution in [0.1, 0.15) is 22.8 Å². The Labute approximate surface area is 164 Å². The molecule has 2 aromatic rings. The molecule has 27 heavy (non-hydrogen) atoms. The summed E-state index contributed by atoms with van der Waals surface area (Å²) in [4.78, 5) is 27.8. The van der Waals surface area contributed by atoms with Crippen LogP contribution in [0.4, 0.5) is 5.69 Å². The van der Waals surface area contributed by atoms with Crippen LogP contribution in [-0.2, 0) is 16.1 Å². The van der Waals surface area contributed by atoms with Crippen LogP contribution in [0.25, 0.3) is 0 Å². The highest BCUT2D eigenvalue weighted by atomic mass is 35.5. The zero-order chi connectivity index (χ0) is 19.2. The van der Waals surface area contributed by atoms with Gasteiger partial charge in [0, 0.05) is 42.5 Å². The van der Waals surface area contributed by atoms with Gasteiger partial charge in [-0.3, -0.25) is 9.59 Å². The van der Waals surface area contributed by atoms with E-state index in [0.29, 0.717) is 30.3 Å². The molecule has 1 fully saturated rings. The molecule has 1 saturated heterocycles. The fraction of sp³-hybridized carbons (Fsp3) is 0.333. The minimum absolute atomic E-state index is 0.00590. The van der Waals surface area contributed by atoms with E-state index in [-0.39, 0.29) is 18.3 Å². The smallest absolute Gasteiger partial charge is 0.248 e. The number of amides is 1. The largest absolute Gasteiger partial charge is 0.368 e. The highest BCUT2D eigenvalue weighted by Gasteiger charge is 2.21. The second kappa shape index (κ2) is 9.02. The van der Waals surface area contributed by atoms with Gasteiger partial charge in [-0.1, -0.05) is 29.8 Å². The summed E-state index contributed by atoms with van der Waals surface area (Å²) in [7, 11) is 0. The van der Waals surface area contributed by atoms with E-state index in [0.717, 1.165) is 24.3 Å². The van der Waals surface area contributed by atoms with Crippen molar-refractivity contribution in [1.82, 2.24) is 4.90 Å². The van der Waals surface area contributed by atoms with E-state index in [2.05, 4.69) is 4.90 Å². The summed E-state index contributed by atoms with van der Waals surface area (Å²) < 4.78 is 5.54. The van der Waals surface area contributed by atoms with Crippen molar-refractivity contribution in [3.63, 3.8) is 0 Å². The summed E-state index contributed by atoms with van der Waals surface area (Å²) in [5.41, 5.74) is 2.66. The first-order valence-corrected chi connectivity index (χ1v) is 9.37. The zero-order valence-electron chi connectivity index (χ0n) is 15.4. The first-order valence-electron chi connectivity index (χ1n) is 8.99. The molecule has 1 heterocycles. The average molecular weight is 387 g/mol. The summed E-state index contributed by atoms with van der Waals surface area (Å²) in [5, 5.41) is 0.648. The molecule has 142 valence electrons. The third-order valence-electron chi connectivity index (χ3n) is 4.71. The minimum atomic E-state index is -0.00590. The average Bonchev–Trinajstić information content (AvgIpc) is 2.69. The van der Waals surface area contributed by atoms with Crippen molar-refractivity contribution >= 4 is 29.0 Å². The predicted octanol–water partition coefficient (Wildman–Crippen LogP) is 3.41. The van der Waals surface area contributed by atoms with Crippen molar-refractivity contribution in [2.75, 3.05) is 37.7 Å². The SMILES string of the molecule is CC(=O)c1ccc(N2CCN(C(=O)COCc3ccccc3Cl)CC2)cc1. The third-order valence-corrected chi connectivity index (χ3v) is 5.08. The van der Waals surface area contributed by atoms with Gasteiger partial charge in [0.25, 0.3) is 0 Å². The number of hydrogen-bond acceptors (Lipinski definition) is 4. The maximum absolute atomic E-state index is 12.3. The second-order valence-electron chi connectivity index (χ2n) is 6.56. The van der Waals surface area contributed by atoms with E-state index in [4.69, 9.17) is 16.3 Å². The number of nitrogens with zero attached hydrogens (tertiary/aromatic N) is 2. The lowest BCUT2D eigenvalue weighted by Gasteiger charge is -2.36. The van der Waals surface area contributed by atoms with Crippen molar-refractivity contribution in [3.05, 3.63) is 64.7 Å². The summed E-state index contributed by atoms with van der Waals surface area (Å²) >= 11 is 6.09. The topological polar surface area (TPSA) is 49.9 Å². The molecule has 3 rings (SSSR count). The van der Waals surface area contributed by atoms with Gasteiger partial charge in [0.05, 0.1) is 6.61 Å². The standard InChI is InChI=1S/C21H23ClN2O3/c1-16(25)17-6-8-19(9-7-17)23-10-12-24(13-11-23)21(26)15-27-14-18-4-2-3-5-20(18)22/h2-9H,10-15H2,1H3. The number of halogens is 1. The lowest BCUT2D eigenvalue weighted by atomic mass is 10.1. The van der Waals surface area contributed by atoms with Crippen molar-refractivity contribution < 1.29 is 14.3 Å². The molecule has 1 aliphatic heterocycles. The van der Waals surface area contributed by atoms with E-state index < -0.39 is 0 Å². The van der Waals surface area contributed by atoms with Crippen molar-refractivity contribution in [2.45, 2.75) is 13.5 Å². The van der Waals surface area contributed by atoms with Crippen LogP contribution in [0.3, 0.4) is 0 Å². The molecule has 5 nitrogen and oxygen atoms in total. The van der Waals surface area contributed by atoms with Crippen LogP contribution in [-0.4, -0.2) is 49.4 Å². The Morgan fingerprint density at radius 1 is 1.00 bits per heavy atom. The van der Waals surface area contributed by atoms with Gasteiger partial charge in [-0.2, -0.15) is 0 Å². The Balaban J connectivity index is 1.45. The number of Topliss-reactive ketones (excluding diaryl/α,β-unsaturated/α-hetero) is 1. The summed E-state index contributed by atoms with van der Waals surface area (Å²) in [6.45, 7) is 4.77. The molecule has 0 aliphatic carbocycles. The van der Waals surface area contributed by atoms with E-state index in [9.17, 15) is 9.59 Å². The highest BCUT2D eigenvalue weighted by Crippen LogP contribution is 2.18. The summed E-state index contributed by atoms with van der Waals surface area (Å²) in [6.07, 6.45) is 0. The molecule has 6 heteroatoms. The van der Waals surface area contributed by atoms with Crippen LogP contribution in [0.15, 0.2) is 48.5 Å². The molecule has 0 spiro atoms. The maximum Gasteiger partial charge on any atom is 0.248 e. The molecule has 0 aromatic heterocycles. The first-order chi connectivity index (χ1) is 13.0. The Morgan fingerprint density at radius 2 is 1.67 bits per heavy atom. The van der Waals surface area contributed by atoms with E-state index >= 15 is 0 Å². The molecule has 1 amide bonds. The van der Waals surface area contributed by atoms with Crippen molar-refractivity contribution in [1.29, 1.82) is 0 Å². The second-order valence-corrected chi connectivity index (χ2v) is 6.96. The fourth-order valence-electron chi connectivity index (χ4n) is 3.08. The Kier molecular flexibility index (Phi) is 6.48. The molecule has 0 unspecified atom stereocenters. The van der Waals surface area contributed by atoms with Gasteiger partial charge in [0.1, 0.15) is 6.61 Å². The molecule has 1 aliphatic rings. The lowest BCUT2D eigenvalue weighted by Crippen LogP contribution is -2.49. The van der Waals surface area contributed by atoms with Crippen LogP contribution in [0.2, 0.25) is 5.02 Å². The van der Waals surface area contributed by atoms with Crippen molar-refractivity contribution in [2.24, 2.45) is 0 Å². The molecular weight excluding hydrogens is 364 g/mol. The number of ether oxygens (including phenoxy) is 1. The Hall–Kier alpha value is -2.37.